The Morgan fingerprint density at radius 3 is 2.59 bits per heavy atom. The van der Waals surface area contributed by atoms with Crippen LogP contribution in [0.4, 0.5) is 5.69 Å². The number of fused-ring (bicyclic) bond motifs is 1. The lowest BCUT2D eigenvalue weighted by Crippen LogP contribution is -2.73. The molecule has 3 spiro atoms. The summed E-state index contributed by atoms with van der Waals surface area (Å²) in [5.74, 6) is 1.38. The number of phenolic OH excluding ortho intramolecular Hbond substituents is 1. The van der Waals surface area contributed by atoms with E-state index in [-0.39, 0.29) is 65.2 Å². The molecule has 13 rings (SSSR count). The van der Waals surface area contributed by atoms with Crippen LogP contribution in [0.25, 0.3) is 0 Å². The number of carbonyl (C=O) groups is 2. The van der Waals surface area contributed by atoms with Gasteiger partial charge in [0.25, 0.3) is 0 Å². The maximum atomic E-state index is 15.6. The minimum atomic E-state index is -1.43. The molecule has 5 saturated carbocycles. The van der Waals surface area contributed by atoms with E-state index in [1.807, 2.05) is 11.0 Å². The van der Waals surface area contributed by atoms with Crippen molar-refractivity contribution in [3.05, 3.63) is 47.6 Å². The fourth-order valence-electron chi connectivity index (χ4n) is 16.8. The van der Waals surface area contributed by atoms with Crippen LogP contribution < -0.4 is 4.90 Å². The summed E-state index contributed by atoms with van der Waals surface area (Å²) in [7, 11) is 3.51. The van der Waals surface area contributed by atoms with Gasteiger partial charge in [0.1, 0.15) is 17.5 Å². The fraction of sp³-hybridized carbons (Fsp3) is 0.760. The molecule has 1 aromatic rings. The Morgan fingerprint density at radius 1 is 0.934 bits per heavy atom. The van der Waals surface area contributed by atoms with E-state index in [2.05, 4.69) is 39.0 Å². The van der Waals surface area contributed by atoms with Crippen LogP contribution in [0.5, 0.6) is 5.75 Å². The highest BCUT2D eigenvalue weighted by molar-refractivity contribution is 8.76. The number of aliphatic hydroxyl groups is 4. The molecule has 61 heavy (non-hydrogen) atoms. The molecule has 5 N–H and O–H groups in total. The third-order valence-electron chi connectivity index (χ3n) is 20.0. The van der Waals surface area contributed by atoms with E-state index in [0.717, 1.165) is 67.5 Å². The standard InChI is InChI=1S/C50H67NO8S2/c1-28(2)29(3)42-43(59-42)49(57)15-6-9-31-22-36-37-24-40(54)48(35-10-7-14-46(36,48)25-38(53)41(35)55)27-61-60-26-32-8-4-5-13-45(32)18-19-51(44(45)56)33-20-30(21-34(52)23-33)11-16-47(31)39(49)12-17-50(37,47)58/h6,9,20-21,23-24,28-29,31-32,35-36,38-39,41-43,52-53,55,57-58H,4-5,7-8,10-19,22,25-27H2,1-3H3. The van der Waals surface area contributed by atoms with E-state index in [0.29, 0.717) is 69.6 Å². The molecule has 5 heterocycles. The van der Waals surface area contributed by atoms with Crippen LogP contribution in [0, 0.1) is 63.1 Å². The minimum Gasteiger partial charge on any atom is -0.508 e. The first-order chi connectivity index (χ1) is 29.2. The molecular formula is C50H67NO8S2. The summed E-state index contributed by atoms with van der Waals surface area (Å²) >= 11 is 0. The van der Waals surface area contributed by atoms with Gasteiger partial charge in [-0.05, 0) is 141 Å². The van der Waals surface area contributed by atoms with Gasteiger partial charge in [-0.15, -0.1) is 0 Å². The molecule has 1 aromatic carbocycles. The number of nitrogens with zero attached hydrogens (tertiary/aromatic N) is 1. The Kier molecular flexibility index (Phi) is 9.82. The van der Waals surface area contributed by atoms with Gasteiger partial charge in [-0.1, -0.05) is 73.8 Å². The fourth-order valence-corrected chi connectivity index (χ4v) is 20.1. The molecule has 12 aliphatic rings. The number of hydrogen-bond acceptors (Lipinski definition) is 10. The highest BCUT2D eigenvalue weighted by Crippen LogP contribution is 2.78. The zero-order valence-electron chi connectivity index (χ0n) is 36.3. The van der Waals surface area contributed by atoms with E-state index in [9.17, 15) is 30.3 Å². The van der Waals surface area contributed by atoms with Gasteiger partial charge in [0.15, 0.2) is 5.78 Å². The van der Waals surface area contributed by atoms with Crippen molar-refractivity contribution in [2.75, 3.05) is 23.0 Å². The zero-order valence-corrected chi connectivity index (χ0v) is 37.9. The molecule has 10 bridgehead atoms. The maximum absolute atomic E-state index is 15.6. The minimum absolute atomic E-state index is 0.00459. The van der Waals surface area contributed by atoms with Crippen LogP contribution in [0.2, 0.25) is 0 Å². The average molecular weight is 874 g/mol. The molecule has 7 fully saturated rings. The maximum Gasteiger partial charge on any atom is 0.233 e. The van der Waals surface area contributed by atoms with Crippen molar-refractivity contribution in [2.24, 2.45) is 63.1 Å². The zero-order chi connectivity index (χ0) is 42.5. The molecule has 332 valence electrons. The Hall–Kier alpha value is -1.86. The number of ketones is 1. The van der Waals surface area contributed by atoms with Crippen molar-refractivity contribution >= 4 is 39.0 Å². The van der Waals surface area contributed by atoms with Gasteiger partial charge >= 0.3 is 0 Å². The molecular weight excluding hydrogens is 807 g/mol. The lowest BCUT2D eigenvalue weighted by atomic mass is 9.34. The van der Waals surface area contributed by atoms with Gasteiger partial charge in [-0.2, -0.15) is 0 Å². The lowest BCUT2D eigenvalue weighted by molar-refractivity contribution is -0.227. The number of ether oxygens (including phenoxy) is 1. The first-order valence-electron chi connectivity index (χ1n) is 24.0. The Balaban J connectivity index is 1.09. The smallest absolute Gasteiger partial charge is 0.233 e. The predicted octanol–water partition coefficient (Wildman–Crippen LogP) is 7.55. The largest absolute Gasteiger partial charge is 0.508 e. The van der Waals surface area contributed by atoms with Crippen molar-refractivity contribution in [1.82, 2.24) is 0 Å². The highest BCUT2D eigenvalue weighted by atomic mass is 33.1. The first kappa shape index (κ1) is 41.8. The summed E-state index contributed by atoms with van der Waals surface area (Å²) in [4.78, 5) is 32.4. The van der Waals surface area contributed by atoms with Crippen LogP contribution in [-0.4, -0.2) is 90.9 Å². The normalized spacial score (nSPS) is 49.3. The first-order valence-corrected chi connectivity index (χ1v) is 26.4. The Bertz CT molecular complexity index is 2060. The number of allylic oxidation sites excluding steroid dienone is 2. The van der Waals surface area contributed by atoms with Gasteiger partial charge in [0.2, 0.25) is 5.91 Å². The van der Waals surface area contributed by atoms with Crippen molar-refractivity contribution in [3.8, 4) is 5.75 Å². The van der Waals surface area contributed by atoms with E-state index in [1.54, 1.807) is 33.7 Å². The van der Waals surface area contributed by atoms with Gasteiger partial charge in [-0.25, -0.2) is 0 Å². The Morgan fingerprint density at radius 2 is 1.77 bits per heavy atom. The second kappa shape index (κ2) is 14.3. The van der Waals surface area contributed by atoms with Crippen molar-refractivity contribution in [1.29, 1.82) is 0 Å². The predicted molar refractivity (Wildman–Crippen MR) is 238 cm³/mol. The molecule has 11 heteroatoms. The van der Waals surface area contributed by atoms with Crippen molar-refractivity contribution in [2.45, 2.75) is 153 Å². The van der Waals surface area contributed by atoms with Crippen LogP contribution >= 0.6 is 21.6 Å². The summed E-state index contributed by atoms with van der Waals surface area (Å²) in [6, 6.07) is 5.62. The molecule has 16 atom stereocenters. The lowest BCUT2D eigenvalue weighted by Gasteiger charge is -2.70. The van der Waals surface area contributed by atoms with E-state index >= 15 is 4.79 Å². The number of rotatable bonds is 3. The summed E-state index contributed by atoms with van der Waals surface area (Å²) in [5.41, 5.74) is -3.11. The van der Waals surface area contributed by atoms with Crippen LogP contribution in [0.1, 0.15) is 116 Å². The number of anilines is 1. The second-order valence-electron chi connectivity index (χ2n) is 22.2. The molecule has 0 radical (unpaired) electrons. The SMILES string of the molecule is CC(C)C(C)C1OC1C1(O)CC=CC2CC3C4=CC(=O)C5(CSSCC6CCCCC67CCN(C7=O)c6cc(O)cc(c6)CCC26C1CCC46O)C1CCCC35CC(O)C1O. The monoisotopic (exact) mass is 873 g/mol. The number of phenols is 1. The highest BCUT2D eigenvalue weighted by Gasteiger charge is 2.79. The van der Waals surface area contributed by atoms with E-state index in [4.69, 9.17) is 4.74 Å². The van der Waals surface area contributed by atoms with Crippen LogP contribution in [0.3, 0.4) is 0 Å². The van der Waals surface area contributed by atoms with Gasteiger partial charge in [-0.3, -0.25) is 9.59 Å². The molecule has 5 aliphatic heterocycles. The average Bonchev–Trinajstić information content (AvgIpc) is 3.91. The number of benzene rings is 1. The number of amides is 1. The van der Waals surface area contributed by atoms with Crippen molar-refractivity contribution < 1.29 is 39.9 Å². The molecule has 16 unspecified atom stereocenters. The Labute approximate surface area is 369 Å². The molecule has 2 saturated heterocycles. The van der Waals surface area contributed by atoms with Crippen LogP contribution in [0.15, 0.2) is 42.0 Å². The summed E-state index contributed by atoms with van der Waals surface area (Å²) in [6.45, 7) is 7.21. The van der Waals surface area contributed by atoms with E-state index in [1.165, 1.54) is 0 Å². The number of aromatic hydroxyl groups is 1. The number of aliphatic hydroxyl groups excluding tert-OH is 2. The topological polar surface area (TPSA) is 151 Å². The van der Waals surface area contributed by atoms with E-state index < -0.39 is 45.1 Å². The van der Waals surface area contributed by atoms with Crippen molar-refractivity contribution in [3.63, 3.8) is 0 Å². The van der Waals surface area contributed by atoms with Gasteiger partial charge < -0.3 is 35.2 Å². The van der Waals surface area contributed by atoms with Gasteiger partial charge in [0.05, 0.1) is 34.7 Å². The number of aryl methyl sites for hydroxylation is 1. The summed E-state index contributed by atoms with van der Waals surface area (Å²) in [5, 5.41) is 62.5. The summed E-state index contributed by atoms with van der Waals surface area (Å²) < 4.78 is 6.52. The number of carbonyl (C=O) groups excluding carboxylic acids is 2. The molecule has 0 aromatic heterocycles. The number of epoxide rings is 1. The molecule has 9 nitrogen and oxygen atoms in total. The second-order valence-corrected chi connectivity index (χ2v) is 24.7. The quantitative estimate of drug-likeness (QED) is 0.117. The number of hydrogen-bond donors (Lipinski definition) is 5. The third kappa shape index (κ3) is 5.46. The summed E-state index contributed by atoms with van der Waals surface area (Å²) in [6.07, 6.45) is 14.4. The van der Waals surface area contributed by atoms with Crippen LogP contribution in [-0.2, 0) is 20.7 Å². The van der Waals surface area contributed by atoms with Gasteiger partial charge in [0, 0.05) is 47.1 Å². The molecule has 1 amide bonds. The third-order valence-corrected chi connectivity index (χ3v) is 22.6. The molecule has 7 aliphatic carbocycles.